The van der Waals surface area contributed by atoms with Crippen LogP contribution in [0.5, 0.6) is 11.5 Å². The quantitative estimate of drug-likeness (QED) is 0.420. The summed E-state index contributed by atoms with van der Waals surface area (Å²) in [6.45, 7) is -1.51. The minimum atomic E-state index is -4.97. The molecule has 188 valence electrons. The molecular formula is C23H24F7NO3. The number of halogens is 7. The van der Waals surface area contributed by atoms with E-state index in [2.05, 4.69) is 4.74 Å². The van der Waals surface area contributed by atoms with Gasteiger partial charge >= 0.3 is 12.5 Å². The molecule has 4 nitrogen and oxygen atoms in total. The first-order valence-electron chi connectivity index (χ1n) is 10.7. The van der Waals surface area contributed by atoms with Crippen LogP contribution in [0, 0.1) is 5.82 Å². The molecule has 1 unspecified atom stereocenters. The molecule has 2 aromatic carbocycles. The van der Waals surface area contributed by atoms with Crippen molar-refractivity contribution in [1.82, 2.24) is 0 Å². The number of aliphatic hydroxyl groups excluding tert-OH is 1. The monoisotopic (exact) mass is 495 g/mol. The Morgan fingerprint density at radius 1 is 0.912 bits per heavy atom. The third-order valence-corrected chi connectivity index (χ3v) is 5.58. The topological polar surface area (TPSA) is 41.9 Å². The van der Waals surface area contributed by atoms with Crippen molar-refractivity contribution in [2.75, 3.05) is 18.0 Å². The molecule has 0 aliphatic heterocycles. The van der Waals surface area contributed by atoms with Crippen molar-refractivity contribution in [3.63, 3.8) is 0 Å². The van der Waals surface area contributed by atoms with Gasteiger partial charge in [-0.2, -0.15) is 13.2 Å². The Labute approximate surface area is 191 Å². The zero-order chi connectivity index (χ0) is 25.0. The van der Waals surface area contributed by atoms with E-state index in [1.54, 1.807) is 0 Å². The average Bonchev–Trinajstić information content (AvgIpc) is 2.74. The first kappa shape index (κ1) is 26.1. The molecule has 1 aliphatic rings. The highest BCUT2D eigenvalue weighted by molar-refractivity contribution is 5.52. The van der Waals surface area contributed by atoms with Crippen LogP contribution in [0.1, 0.15) is 32.1 Å². The highest BCUT2D eigenvalue weighted by Crippen LogP contribution is 2.39. The summed E-state index contributed by atoms with van der Waals surface area (Å²) in [5, 5.41) is 9.70. The van der Waals surface area contributed by atoms with E-state index in [0.717, 1.165) is 17.0 Å². The Kier molecular flexibility index (Phi) is 7.97. The first-order chi connectivity index (χ1) is 15.9. The molecule has 3 rings (SSSR count). The van der Waals surface area contributed by atoms with Crippen LogP contribution in [0.25, 0.3) is 0 Å². The van der Waals surface area contributed by atoms with E-state index >= 15 is 0 Å². The van der Waals surface area contributed by atoms with Crippen LogP contribution in [0.3, 0.4) is 0 Å². The van der Waals surface area contributed by atoms with Crippen molar-refractivity contribution >= 4 is 5.69 Å². The van der Waals surface area contributed by atoms with Gasteiger partial charge in [-0.15, -0.1) is 13.2 Å². The van der Waals surface area contributed by atoms with Crippen LogP contribution in [-0.2, 0) is 4.74 Å². The van der Waals surface area contributed by atoms with Crippen molar-refractivity contribution in [1.29, 1.82) is 0 Å². The molecule has 34 heavy (non-hydrogen) atoms. The van der Waals surface area contributed by atoms with Gasteiger partial charge in [0.05, 0.1) is 12.1 Å². The Morgan fingerprint density at radius 3 is 2.15 bits per heavy atom. The number of nitrogens with zero attached hydrogens (tertiary/aromatic N) is 1. The number of ether oxygens (including phenoxy) is 2. The molecule has 1 aliphatic carbocycles. The van der Waals surface area contributed by atoms with Crippen molar-refractivity contribution in [2.45, 2.75) is 56.3 Å². The summed E-state index contributed by atoms with van der Waals surface area (Å²) in [6.07, 6.45) is -11.2. The second kappa shape index (κ2) is 10.4. The minimum Gasteiger partial charge on any atom is -0.457 e. The van der Waals surface area contributed by atoms with Gasteiger partial charge in [0.2, 0.25) is 0 Å². The van der Waals surface area contributed by atoms with E-state index in [9.17, 15) is 35.8 Å². The standard InChI is InChI=1S/C23H24F7NO3/c24-16-7-9-18(10-8-16)33-19-6-4-5-17(13-19)31(14-20(32)22(25,26)27)15-21(34-23(28,29)30)11-2-1-3-12-21/h4-10,13,20,32H,1-3,11-12,14-15H2. The maximum Gasteiger partial charge on any atom is 0.523 e. The SMILES string of the molecule is OC(CN(CC1(OC(F)(F)F)CCCCC1)c1cccc(Oc2ccc(F)cc2)c1)C(F)(F)F. The van der Waals surface area contributed by atoms with E-state index in [4.69, 9.17) is 4.74 Å². The number of hydrogen-bond donors (Lipinski definition) is 1. The highest BCUT2D eigenvalue weighted by atomic mass is 19.4. The summed E-state index contributed by atoms with van der Waals surface area (Å²) in [5.74, 6) is -0.0644. The van der Waals surface area contributed by atoms with Gasteiger partial charge in [-0.05, 0) is 49.2 Å². The predicted molar refractivity (Wildman–Crippen MR) is 110 cm³/mol. The third-order valence-electron chi connectivity index (χ3n) is 5.58. The number of alkyl halides is 6. The molecular weight excluding hydrogens is 471 g/mol. The van der Waals surface area contributed by atoms with Crippen molar-refractivity contribution in [3.05, 3.63) is 54.3 Å². The average molecular weight is 495 g/mol. The number of anilines is 1. The Bertz CT molecular complexity index is 925. The smallest absolute Gasteiger partial charge is 0.457 e. The van der Waals surface area contributed by atoms with Crippen molar-refractivity contribution < 1.29 is 45.3 Å². The Hall–Kier alpha value is -2.53. The summed E-state index contributed by atoms with van der Waals surface area (Å²) >= 11 is 0. The second-order valence-corrected chi connectivity index (χ2v) is 8.28. The molecule has 0 radical (unpaired) electrons. The van der Waals surface area contributed by atoms with Crippen LogP contribution < -0.4 is 9.64 Å². The lowest BCUT2D eigenvalue weighted by Crippen LogP contribution is -2.52. The van der Waals surface area contributed by atoms with E-state index in [0.29, 0.717) is 19.3 Å². The zero-order valence-electron chi connectivity index (χ0n) is 18.0. The molecule has 1 saturated carbocycles. The van der Waals surface area contributed by atoms with Gasteiger partial charge in [0, 0.05) is 18.3 Å². The molecule has 0 spiro atoms. The van der Waals surface area contributed by atoms with Gasteiger partial charge in [-0.3, -0.25) is 4.74 Å². The molecule has 0 aromatic heterocycles. The largest absolute Gasteiger partial charge is 0.523 e. The number of rotatable bonds is 8. The summed E-state index contributed by atoms with van der Waals surface area (Å²) < 4.78 is 102. The lowest BCUT2D eigenvalue weighted by Gasteiger charge is -2.42. The summed E-state index contributed by atoms with van der Waals surface area (Å²) in [4.78, 5) is 1.03. The van der Waals surface area contributed by atoms with Crippen LogP contribution in [-0.4, -0.2) is 42.4 Å². The van der Waals surface area contributed by atoms with Crippen molar-refractivity contribution in [3.8, 4) is 11.5 Å². The number of benzene rings is 2. The van der Waals surface area contributed by atoms with Gasteiger partial charge in [0.25, 0.3) is 0 Å². The van der Waals surface area contributed by atoms with E-state index < -0.39 is 43.2 Å². The zero-order valence-corrected chi connectivity index (χ0v) is 18.0. The lowest BCUT2D eigenvalue weighted by molar-refractivity contribution is -0.369. The lowest BCUT2D eigenvalue weighted by atomic mass is 9.84. The van der Waals surface area contributed by atoms with Crippen LogP contribution in [0.2, 0.25) is 0 Å². The first-order valence-corrected chi connectivity index (χ1v) is 10.7. The van der Waals surface area contributed by atoms with Gasteiger partial charge in [0.1, 0.15) is 17.3 Å². The normalized spacial score (nSPS) is 17.3. The van der Waals surface area contributed by atoms with Gasteiger partial charge in [0.15, 0.2) is 6.10 Å². The number of hydrogen-bond acceptors (Lipinski definition) is 4. The molecule has 1 atom stereocenters. The van der Waals surface area contributed by atoms with Gasteiger partial charge in [-0.1, -0.05) is 25.3 Å². The maximum absolute atomic E-state index is 13.2. The van der Waals surface area contributed by atoms with Gasteiger partial charge in [-0.25, -0.2) is 4.39 Å². The fourth-order valence-corrected chi connectivity index (χ4v) is 4.04. The second-order valence-electron chi connectivity index (χ2n) is 8.28. The molecule has 0 saturated heterocycles. The van der Waals surface area contributed by atoms with Crippen molar-refractivity contribution in [2.24, 2.45) is 0 Å². The van der Waals surface area contributed by atoms with Crippen LogP contribution >= 0.6 is 0 Å². The maximum atomic E-state index is 13.2. The summed E-state index contributed by atoms with van der Waals surface area (Å²) in [6, 6.07) is 10.7. The van der Waals surface area contributed by atoms with E-state index in [1.165, 1.54) is 36.4 Å². The summed E-state index contributed by atoms with van der Waals surface area (Å²) in [5.41, 5.74) is -1.64. The molecule has 0 bridgehead atoms. The Morgan fingerprint density at radius 2 is 1.56 bits per heavy atom. The molecule has 11 heteroatoms. The third kappa shape index (κ3) is 7.49. The minimum absolute atomic E-state index is 0.0108. The summed E-state index contributed by atoms with van der Waals surface area (Å²) in [7, 11) is 0. The fourth-order valence-electron chi connectivity index (χ4n) is 4.04. The van der Waals surface area contributed by atoms with Crippen LogP contribution in [0.15, 0.2) is 48.5 Å². The van der Waals surface area contributed by atoms with Gasteiger partial charge < -0.3 is 14.7 Å². The fraction of sp³-hybridized carbons (Fsp3) is 0.478. The molecule has 2 aromatic rings. The van der Waals surface area contributed by atoms with Crippen LogP contribution in [0.4, 0.5) is 36.4 Å². The van der Waals surface area contributed by atoms with E-state index in [1.807, 2.05) is 0 Å². The molecule has 0 heterocycles. The predicted octanol–water partition coefficient (Wildman–Crippen LogP) is 6.59. The van der Waals surface area contributed by atoms with E-state index in [-0.39, 0.29) is 30.0 Å². The Balaban J connectivity index is 1.91. The molecule has 1 fully saturated rings. The molecule has 0 amide bonds. The number of aliphatic hydroxyl groups is 1. The molecule has 1 N–H and O–H groups in total. The highest BCUT2D eigenvalue weighted by Gasteiger charge is 2.46.